The van der Waals surface area contributed by atoms with Crippen molar-refractivity contribution in [3.05, 3.63) is 28.9 Å². The molecule has 0 aliphatic carbocycles. The van der Waals surface area contributed by atoms with Gasteiger partial charge in [-0.2, -0.15) is 0 Å². The third-order valence-corrected chi connectivity index (χ3v) is 9.03. The quantitative estimate of drug-likeness (QED) is 0.291. The molecule has 0 bridgehead atoms. The van der Waals surface area contributed by atoms with Gasteiger partial charge in [0.15, 0.2) is 0 Å². The van der Waals surface area contributed by atoms with E-state index in [4.69, 9.17) is 0 Å². The maximum absolute atomic E-state index is 2.45. The first kappa shape index (κ1) is 14.1. The smallest absolute Gasteiger partial charge is 0.0705 e. The van der Waals surface area contributed by atoms with E-state index in [-0.39, 0.29) is 0 Å². The number of rotatable bonds is 5. The number of halogens is 1. The van der Waals surface area contributed by atoms with Gasteiger partial charge in [-0.15, -0.1) is 11.8 Å². The Labute approximate surface area is 132 Å². The van der Waals surface area contributed by atoms with Crippen molar-refractivity contribution in [3.8, 4) is 0 Å². The highest BCUT2D eigenvalue weighted by Crippen LogP contribution is 2.55. The van der Waals surface area contributed by atoms with Crippen LogP contribution < -0.4 is 0 Å². The van der Waals surface area contributed by atoms with Gasteiger partial charge in [0.1, 0.15) is 0 Å². The van der Waals surface area contributed by atoms with Crippen LogP contribution in [-0.2, 0) is 0 Å². The fraction of sp³-hybridized carbons (Fsp3) is 0.400. The lowest BCUT2D eigenvalue weighted by molar-refractivity contribution is 0.920. The minimum atomic E-state index is 1.27. The van der Waals surface area contributed by atoms with E-state index in [9.17, 15) is 0 Å². The van der Waals surface area contributed by atoms with Gasteiger partial charge in [-0.25, -0.2) is 0 Å². The average molecular weight is 418 g/mol. The van der Waals surface area contributed by atoms with Crippen LogP contribution in [0.3, 0.4) is 0 Å². The van der Waals surface area contributed by atoms with Crippen LogP contribution in [0.1, 0.15) is 12.8 Å². The first-order valence-corrected chi connectivity index (χ1v) is 10.8. The number of hydrogen-bond acceptors (Lipinski definition) is 5. The number of unbranched alkanes of at least 4 members (excludes halogenated alkanes) is 1. The molecule has 0 radical (unpaired) electrons. The second-order valence-corrected chi connectivity index (χ2v) is 9.74. The zero-order valence-corrected chi connectivity index (χ0v) is 14.7. The highest BCUT2D eigenvalue weighted by atomic mass is 127. The lowest BCUT2D eigenvalue weighted by Crippen LogP contribution is -1.80. The summed E-state index contributed by atoms with van der Waals surface area (Å²) in [4.78, 5) is 0. The van der Waals surface area contributed by atoms with E-state index in [1.807, 2.05) is 58.8 Å². The Morgan fingerprint density at radius 1 is 1.06 bits per heavy atom. The van der Waals surface area contributed by atoms with Crippen LogP contribution in [0.15, 0.2) is 28.9 Å². The van der Waals surface area contributed by atoms with Crippen molar-refractivity contribution in [2.24, 2.45) is 0 Å². The molecule has 0 N–H and O–H groups in total. The molecule has 0 amide bonds. The molecule has 0 aromatic carbocycles. The largest absolute Gasteiger partial charge is 0.118 e. The van der Waals surface area contributed by atoms with Crippen molar-refractivity contribution in [1.29, 1.82) is 0 Å². The summed E-state index contributed by atoms with van der Waals surface area (Å²) in [6.07, 6.45) is 2.69. The molecule has 2 rings (SSSR count). The topological polar surface area (TPSA) is 0 Å². The summed E-state index contributed by atoms with van der Waals surface area (Å²) in [7, 11) is 0. The summed E-state index contributed by atoms with van der Waals surface area (Å²) < 4.78 is 5.69. The van der Waals surface area contributed by atoms with Gasteiger partial charge in [0.05, 0.1) is 12.7 Å². The van der Waals surface area contributed by atoms with Crippen LogP contribution in [0, 0.1) is 0 Å². The van der Waals surface area contributed by atoms with Gasteiger partial charge in [-0.1, -0.05) is 69.6 Å². The zero-order valence-electron chi connectivity index (χ0n) is 8.48. The number of thioether (sulfide) groups is 5. The molecule has 0 fully saturated rings. The molecule has 6 heteroatoms. The summed E-state index contributed by atoms with van der Waals surface area (Å²) in [6.45, 7) is 0. The molecule has 2 heterocycles. The Kier molecular flexibility index (Phi) is 7.05. The monoisotopic (exact) mass is 418 g/mol. The molecule has 16 heavy (non-hydrogen) atoms. The Hall–Kier alpha value is 1.70. The summed E-state index contributed by atoms with van der Waals surface area (Å²) in [5.74, 6) is 1.27. The molecule has 2 aliphatic heterocycles. The SMILES string of the molecule is ICCCCSC1=CSC(=C2SC=CS2)S1. The number of alkyl halides is 1. The van der Waals surface area contributed by atoms with Crippen LogP contribution in [0.2, 0.25) is 0 Å². The van der Waals surface area contributed by atoms with Gasteiger partial charge in [-0.05, 0) is 39.2 Å². The van der Waals surface area contributed by atoms with E-state index in [1.165, 1.54) is 35.7 Å². The molecule has 0 saturated heterocycles. The lowest BCUT2D eigenvalue weighted by atomic mass is 10.4. The van der Waals surface area contributed by atoms with Crippen molar-refractivity contribution in [2.45, 2.75) is 12.8 Å². The van der Waals surface area contributed by atoms with Gasteiger partial charge in [0.25, 0.3) is 0 Å². The zero-order chi connectivity index (χ0) is 11.2. The van der Waals surface area contributed by atoms with E-state index < -0.39 is 0 Å². The van der Waals surface area contributed by atoms with Crippen molar-refractivity contribution in [3.63, 3.8) is 0 Å². The van der Waals surface area contributed by atoms with Crippen molar-refractivity contribution in [2.75, 3.05) is 10.2 Å². The lowest BCUT2D eigenvalue weighted by Gasteiger charge is -2.02. The van der Waals surface area contributed by atoms with E-state index in [2.05, 4.69) is 38.8 Å². The molecule has 2 aliphatic rings. The maximum atomic E-state index is 2.45. The van der Waals surface area contributed by atoms with Crippen LogP contribution in [0.4, 0.5) is 0 Å². The Morgan fingerprint density at radius 2 is 1.88 bits per heavy atom. The molecule has 0 saturated carbocycles. The molecule has 0 unspecified atom stereocenters. The fourth-order valence-corrected chi connectivity index (χ4v) is 7.53. The second kappa shape index (κ2) is 7.99. The minimum absolute atomic E-state index is 1.27. The Balaban J connectivity index is 1.72. The van der Waals surface area contributed by atoms with Crippen LogP contribution in [0.5, 0.6) is 0 Å². The van der Waals surface area contributed by atoms with Crippen LogP contribution in [0.25, 0.3) is 0 Å². The third kappa shape index (κ3) is 4.42. The molecule has 0 aromatic rings. The van der Waals surface area contributed by atoms with E-state index >= 15 is 0 Å². The minimum Gasteiger partial charge on any atom is -0.118 e. The standard InChI is InChI=1S/C10H11IS5/c11-3-1-2-4-12-8-7-15-10(16-8)9-13-5-6-14-9/h5-7H,1-4H2. The maximum Gasteiger partial charge on any atom is 0.0705 e. The molecular formula is C10H11IS5. The van der Waals surface area contributed by atoms with Crippen molar-refractivity contribution in [1.82, 2.24) is 0 Å². The predicted molar refractivity (Wildman–Crippen MR) is 95.2 cm³/mol. The first-order valence-electron chi connectivity index (χ1n) is 4.86. The van der Waals surface area contributed by atoms with E-state index in [0.29, 0.717) is 0 Å². The van der Waals surface area contributed by atoms with Gasteiger partial charge in [0, 0.05) is 0 Å². The Morgan fingerprint density at radius 3 is 2.62 bits per heavy atom. The summed E-state index contributed by atoms with van der Waals surface area (Å²) in [6, 6.07) is 0. The second-order valence-electron chi connectivity index (χ2n) is 2.98. The molecule has 0 aromatic heterocycles. The molecule has 0 spiro atoms. The molecule has 88 valence electrons. The van der Waals surface area contributed by atoms with E-state index in [1.54, 1.807) is 0 Å². The Bertz CT molecular complexity index is 324. The van der Waals surface area contributed by atoms with Gasteiger partial charge < -0.3 is 0 Å². The average Bonchev–Trinajstić information content (AvgIpc) is 2.94. The molecular weight excluding hydrogens is 407 g/mol. The highest BCUT2D eigenvalue weighted by Gasteiger charge is 2.18. The van der Waals surface area contributed by atoms with Gasteiger partial charge in [0.2, 0.25) is 0 Å². The predicted octanol–water partition coefficient (Wildman–Crippen LogP) is 6.29. The normalized spacial score (nSPS) is 19.7. The van der Waals surface area contributed by atoms with Gasteiger partial charge in [-0.3, -0.25) is 0 Å². The fourth-order valence-electron chi connectivity index (χ4n) is 1.07. The first-order chi connectivity index (χ1) is 7.90. The summed E-state index contributed by atoms with van der Waals surface area (Å²) in [5.41, 5.74) is 0. The van der Waals surface area contributed by atoms with Crippen LogP contribution in [-0.4, -0.2) is 10.2 Å². The highest BCUT2D eigenvalue weighted by molar-refractivity contribution is 14.1. The van der Waals surface area contributed by atoms with Crippen molar-refractivity contribution < 1.29 is 0 Å². The third-order valence-electron chi connectivity index (χ3n) is 1.80. The summed E-state index contributed by atoms with van der Waals surface area (Å²) in [5, 5.41) is 6.64. The van der Waals surface area contributed by atoms with E-state index in [0.717, 1.165) is 0 Å². The number of hydrogen-bond donors (Lipinski definition) is 0. The molecule has 0 atom stereocenters. The van der Waals surface area contributed by atoms with Crippen LogP contribution >= 0.6 is 81.4 Å². The summed E-state index contributed by atoms with van der Waals surface area (Å²) >= 11 is 12.0. The molecule has 0 nitrogen and oxygen atoms in total. The van der Waals surface area contributed by atoms with Crippen molar-refractivity contribution >= 4 is 81.4 Å². The van der Waals surface area contributed by atoms with Gasteiger partial charge >= 0.3 is 0 Å².